The number of aromatic nitrogens is 1. The summed E-state index contributed by atoms with van der Waals surface area (Å²) in [5, 5.41) is 2.83. The zero-order chi connectivity index (χ0) is 10.7. The molecule has 3 heteroatoms. The number of nitrogens with one attached hydrogen (secondary N) is 2. The maximum Gasteiger partial charge on any atom is 0.257 e. The molecule has 0 aliphatic heterocycles. The van der Waals surface area contributed by atoms with Gasteiger partial charge in [0.05, 0.1) is 5.56 Å². The Bertz CT molecular complexity index is 460. The summed E-state index contributed by atoms with van der Waals surface area (Å²) in [5.41, 5.74) is 2.58. The van der Waals surface area contributed by atoms with Crippen LogP contribution >= 0.6 is 0 Å². The molecule has 0 fully saturated rings. The van der Waals surface area contributed by atoms with Crippen LogP contribution in [0.3, 0.4) is 0 Å². The van der Waals surface area contributed by atoms with E-state index in [-0.39, 0.29) is 5.91 Å². The van der Waals surface area contributed by atoms with Crippen LogP contribution in [0.2, 0.25) is 0 Å². The van der Waals surface area contributed by atoms with Crippen LogP contribution in [0.5, 0.6) is 0 Å². The van der Waals surface area contributed by atoms with Crippen LogP contribution in [0.15, 0.2) is 42.7 Å². The third-order valence-electron chi connectivity index (χ3n) is 2.14. The first-order valence-electron chi connectivity index (χ1n) is 4.76. The summed E-state index contributed by atoms with van der Waals surface area (Å²) in [6, 6.07) is 9.46. The maximum atomic E-state index is 11.7. The molecule has 1 aromatic carbocycles. The monoisotopic (exact) mass is 200 g/mol. The molecule has 76 valence electrons. The van der Waals surface area contributed by atoms with Gasteiger partial charge >= 0.3 is 0 Å². The van der Waals surface area contributed by atoms with Gasteiger partial charge in [0.25, 0.3) is 5.91 Å². The van der Waals surface area contributed by atoms with Gasteiger partial charge in [-0.05, 0) is 30.7 Å². The number of amides is 1. The van der Waals surface area contributed by atoms with Gasteiger partial charge in [-0.1, -0.05) is 12.1 Å². The van der Waals surface area contributed by atoms with E-state index in [1.165, 1.54) is 0 Å². The fourth-order valence-corrected chi connectivity index (χ4v) is 1.39. The molecule has 0 radical (unpaired) electrons. The Kier molecular flexibility index (Phi) is 2.54. The minimum absolute atomic E-state index is 0.0955. The van der Waals surface area contributed by atoms with Gasteiger partial charge in [-0.2, -0.15) is 0 Å². The van der Waals surface area contributed by atoms with Crippen molar-refractivity contribution in [3.63, 3.8) is 0 Å². The average molecular weight is 200 g/mol. The molecular formula is C12H12N2O. The fourth-order valence-electron chi connectivity index (χ4n) is 1.39. The van der Waals surface area contributed by atoms with E-state index in [0.717, 1.165) is 11.3 Å². The van der Waals surface area contributed by atoms with E-state index in [1.54, 1.807) is 18.5 Å². The molecule has 0 saturated carbocycles. The zero-order valence-electron chi connectivity index (χ0n) is 8.45. The van der Waals surface area contributed by atoms with Gasteiger partial charge in [0.1, 0.15) is 0 Å². The standard InChI is InChI=1S/C12H12N2O/c1-9-3-2-4-11(7-9)14-12(15)10-5-6-13-8-10/h2-8,13H,1H3,(H,14,15). The molecule has 0 saturated heterocycles. The van der Waals surface area contributed by atoms with E-state index < -0.39 is 0 Å². The van der Waals surface area contributed by atoms with E-state index in [0.29, 0.717) is 5.56 Å². The van der Waals surface area contributed by atoms with Crippen molar-refractivity contribution >= 4 is 11.6 Å². The molecule has 0 bridgehead atoms. The number of hydrogen-bond acceptors (Lipinski definition) is 1. The minimum atomic E-state index is -0.0955. The van der Waals surface area contributed by atoms with Crippen LogP contribution in [0.1, 0.15) is 15.9 Å². The molecule has 0 aliphatic rings. The number of carbonyl (C=O) groups is 1. The molecule has 1 amide bonds. The molecule has 1 aromatic heterocycles. The number of carbonyl (C=O) groups excluding carboxylic acids is 1. The molecule has 3 nitrogen and oxygen atoms in total. The SMILES string of the molecule is Cc1cccc(NC(=O)c2cc[nH]c2)c1. The largest absolute Gasteiger partial charge is 0.367 e. The number of H-pyrrole nitrogens is 1. The Balaban J connectivity index is 2.13. The molecule has 2 N–H and O–H groups in total. The summed E-state index contributed by atoms with van der Waals surface area (Å²) >= 11 is 0. The van der Waals surface area contributed by atoms with E-state index in [9.17, 15) is 4.79 Å². The lowest BCUT2D eigenvalue weighted by Crippen LogP contribution is -2.10. The van der Waals surface area contributed by atoms with Crippen LogP contribution < -0.4 is 5.32 Å². The second-order valence-electron chi connectivity index (χ2n) is 3.42. The van der Waals surface area contributed by atoms with Gasteiger partial charge in [-0.25, -0.2) is 0 Å². The fraction of sp³-hybridized carbons (Fsp3) is 0.0833. The number of rotatable bonds is 2. The topological polar surface area (TPSA) is 44.9 Å². The van der Waals surface area contributed by atoms with Crippen molar-refractivity contribution in [3.05, 3.63) is 53.9 Å². The lowest BCUT2D eigenvalue weighted by molar-refractivity contribution is 0.102. The minimum Gasteiger partial charge on any atom is -0.367 e. The number of benzene rings is 1. The van der Waals surface area contributed by atoms with Crippen molar-refractivity contribution in [1.29, 1.82) is 0 Å². The van der Waals surface area contributed by atoms with Crippen LogP contribution in [-0.2, 0) is 0 Å². The summed E-state index contributed by atoms with van der Waals surface area (Å²) < 4.78 is 0. The lowest BCUT2D eigenvalue weighted by Gasteiger charge is -2.03. The molecule has 0 aliphatic carbocycles. The van der Waals surface area contributed by atoms with Gasteiger partial charge in [0.2, 0.25) is 0 Å². The van der Waals surface area contributed by atoms with E-state index in [2.05, 4.69) is 10.3 Å². The Morgan fingerprint density at radius 1 is 1.33 bits per heavy atom. The molecule has 0 unspecified atom stereocenters. The van der Waals surface area contributed by atoms with Crippen molar-refractivity contribution in [2.75, 3.05) is 5.32 Å². The Morgan fingerprint density at radius 2 is 2.20 bits per heavy atom. The zero-order valence-corrected chi connectivity index (χ0v) is 8.45. The summed E-state index contributed by atoms with van der Waals surface area (Å²) in [7, 11) is 0. The average Bonchev–Trinajstić information content (AvgIpc) is 2.70. The Hall–Kier alpha value is -2.03. The van der Waals surface area contributed by atoms with Gasteiger partial charge < -0.3 is 10.3 Å². The number of hydrogen-bond donors (Lipinski definition) is 2. The Morgan fingerprint density at radius 3 is 2.87 bits per heavy atom. The highest BCUT2D eigenvalue weighted by atomic mass is 16.1. The third-order valence-corrected chi connectivity index (χ3v) is 2.14. The number of aryl methyl sites for hydroxylation is 1. The van der Waals surface area contributed by atoms with Crippen LogP contribution in [0.4, 0.5) is 5.69 Å². The van der Waals surface area contributed by atoms with Crippen LogP contribution in [0, 0.1) is 6.92 Å². The first-order valence-corrected chi connectivity index (χ1v) is 4.76. The third kappa shape index (κ3) is 2.26. The predicted octanol–water partition coefficient (Wildman–Crippen LogP) is 2.58. The van der Waals surface area contributed by atoms with Crippen LogP contribution in [0.25, 0.3) is 0 Å². The summed E-state index contributed by atoms with van der Waals surface area (Å²) in [6.45, 7) is 1.99. The summed E-state index contributed by atoms with van der Waals surface area (Å²) in [6.07, 6.45) is 3.40. The summed E-state index contributed by atoms with van der Waals surface area (Å²) in [4.78, 5) is 14.5. The van der Waals surface area contributed by atoms with Crippen LogP contribution in [-0.4, -0.2) is 10.9 Å². The van der Waals surface area contributed by atoms with Crippen molar-refractivity contribution < 1.29 is 4.79 Å². The highest BCUT2D eigenvalue weighted by Crippen LogP contribution is 2.11. The predicted molar refractivity (Wildman–Crippen MR) is 59.9 cm³/mol. The second-order valence-corrected chi connectivity index (χ2v) is 3.42. The quantitative estimate of drug-likeness (QED) is 0.768. The molecule has 0 atom stereocenters. The van der Waals surface area contributed by atoms with E-state index in [1.807, 2.05) is 31.2 Å². The van der Waals surface area contributed by atoms with Gasteiger partial charge in [0.15, 0.2) is 0 Å². The highest BCUT2D eigenvalue weighted by Gasteiger charge is 2.05. The summed E-state index contributed by atoms with van der Waals surface area (Å²) in [5.74, 6) is -0.0955. The molecule has 15 heavy (non-hydrogen) atoms. The first-order chi connectivity index (χ1) is 7.25. The van der Waals surface area contributed by atoms with E-state index >= 15 is 0 Å². The second kappa shape index (κ2) is 4.00. The van der Waals surface area contributed by atoms with Gasteiger partial charge in [0, 0.05) is 18.1 Å². The number of aromatic amines is 1. The smallest absolute Gasteiger partial charge is 0.257 e. The van der Waals surface area contributed by atoms with Crippen molar-refractivity contribution in [3.8, 4) is 0 Å². The molecular weight excluding hydrogens is 188 g/mol. The van der Waals surface area contributed by atoms with Gasteiger partial charge in [-0.3, -0.25) is 4.79 Å². The molecule has 0 spiro atoms. The van der Waals surface area contributed by atoms with E-state index in [4.69, 9.17) is 0 Å². The normalized spacial score (nSPS) is 9.93. The lowest BCUT2D eigenvalue weighted by atomic mass is 10.2. The van der Waals surface area contributed by atoms with Crippen molar-refractivity contribution in [2.45, 2.75) is 6.92 Å². The maximum absolute atomic E-state index is 11.7. The van der Waals surface area contributed by atoms with Crippen molar-refractivity contribution in [1.82, 2.24) is 4.98 Å². The van der Waals surface area contributed by atoms with Crippen molar-refractivity contribution in [2.24, 2.45) is 0 Å². The number of anilines is 1. The molecule has 2 aromatic rings. The first kappa shape index (κ1) is 9.52. The highest BCUT2D eigenvalue weighted by molar-refractivity contribution is 6.04. The Labute approximate surface area is 88.1 Å². The molecule has 1 heterocycles. The molecule has 2 rings (SSSR count). The van der Waals surface area contributed by atoms with Gasteiger partial charge in [-0.15, -0.1) is 0 Å².